The van der Waals surface area contributed by atoms with Crippen molar-refractivity contribution < 1.29 is 22.7 Å². The number of nitrogens with one attached hydrogen (secondary N) is 1. The third-order valence-electron chi connectivity index (χ3n) is 3.01. The second kappa shape index (κ2) is 6.51. The molecule has 116 valence electrons. The Labute approximate surface area is 125 Å². The fourth-order valence-electron chi connectivity index (χ4n) is 1.72. The number of carbonyl (C=O) groups is 1. The zero-order chi connectivity index (χ0) is 16.3. The Morgan fingerprint density at radius 2 is 1.77 bits per heavy atom. The zero-order valence-corrected chi connectivity index (χ0v) is 12.0. The van der Waals surface area contributed by atoms with Crippen LogP contribution in [0.1, 0.15) is 12.5 Å². The van der Waals surface area contributed by atoms with Crippen LogP contribution >= 0.6 is 0 Å². The zero-order valence-electron chi connectivity index (χ0n) is 12.0. The summed E-state index contributed by atoms with van der Waals surface area (Å²) in [5.41, 5.74) is 0.748. The molecule has 2 rings (SSSR count). The highest BCUT2D eigenvalue weighted by molar-refractivity contribution is 5.94. The topological polar surface area (TPSA) is 38.3 Å². The van der Waals surface area contributed by atoms with Gasteiger partial charge in [-0.2, -0.15) is 0 Å². The maximum atomic E-state index is 13.4. The van der Waals surface area contributed by atoms with Crippen LogP contribution in [-0.2, 0) is 4.79 Å². The van der Waals surface area contributed by atoms with E-state index in [-0.39, 0.29) is 11.4 Å². The quantitative estimate of drug-likeness (QED) is 0.932. The summed E-state index contributed by atoms with van der Waals surface area (Å²) < 4.78 is 44.5. The Hall–Kier alpha value is -2.50. The molecule has 0 saturated carbocycles. The summed E-state index contributed by atoms with van der Waals surface area (Å²) in [5.74, 6) is -3.01. The SMILES string of the molecule is Cc1ccc(NC(=O)C(C)Oc2ccc(F)c(F)c2)cc1F. The van der Waals surface area contributed by atoms with Gasteiger partial charge < -0.3 is 10.1 Å². The minimum atomic E-state index is -1.06. The van der Waals surface area contributed by atoms with Crippen molar-refractivity contribution in [1.82, 2.24) is 0 Å². The van der Waals surface area contributed by atoms with Gasteiger partial charge in [-0.1, -0.05) is 6.07 Å². The number of halogens is 3. The first-order chi connectivity index (χ1) is 10.4. The standard InChI is InChI=1S/C16H14F3NO2/c1-9-3-4-11(7-14(9)18)20-16(21)10(2)22-12-5-6-13(17)15(19)8-12/h3-8,10H,1-2H3,(H,20,21). The van der Waals surface area contributed by atoms with Crippen molar-refractivity contribution in [1.29, 1.82) is 0 Å². The molecule has 1 amide bonds. The van der Waals surface area contributed by atoms with Crippen molar-refractivity contribution in [3.63, 3.8) is 0 Å². The van der Waals surface area contributed by atoms with Crippen LogP contribution in [0.5, 0.6) is 5.75 Å². The summed E-state index contributed by atoms with van der Waals surface area (Å²) in [5, 5.41) is 2.48. The molecule has 22 heavy (non-hydrogen) atoms. The van der Waals surface area contributed by atoms with Gasteiger partial charge in [-0.3, -0.25) is 4.79 Å². The van der Waals surface area contributed by atoms with Gasteiger partial charge in [0.1, 0.15) is 11.6 Å². The van der Waals surface area contributed by atoms with Crippen molar-refractivity contribution >= 4 is 11.6 Å². The van der Waals surface area contributed by atoms with Crippen LogP contribution in [0.2, 0.25) is 0 Å². The van der Waals surface area contributed by atoms with Crippen LogP contribution in [0.4, 0.5) is 18.9 Å². The molecular formula is C16H14F3NO2. The summed E-state index contributed by atoms with van der Waals surface area (Å²) in [6, 6.07) is 7.26. The molecule has 0 saturated heterocycles. The molecule has 1 unspecified atom stereocenters. The predicted octanol–water partition coefficient (Wildman–Crippen LogP) is 3.82. The molecule has 0 bridgehead atoms. The average molecular weight is 309 g/mol. The molecule has 0 spiro atoms. The smallest absolute Gasteiger partial charge is 0.265 e. The lowest BCUT2D eigenvalue weighted by atomic mass is 10.2. The molecule has 1 atom stereocenters. The number of amides is 1. The van der Waals surface area contributed by atoms with E-state index in [9.17, 15) is 18.0 Å². The number of ether oxygens (including phenoxy) is 1. The van der Waals surface area contributed by atoms with Crippen molar-refractivity contribution in [2.75, 3.05) is 5.32 Å². The highest BCUT2D eigenvalue weighted by Gasteiger charge is 2.16. The summed E-state index contributed by atoms with van der Waals surface area (Å²) in [4.78, 5) is 11.9. The van der Waals surface area contributed by atoms with Crippen LogP contribution < -0.4 is 10.1 Å². The largest absolute Gasteiger partial charge is 0.481 e. The highest BCUT2D eigenvalue weighted by atomic mass is 19.2. The van der Waals surface area contributed by atoms with E-state index in [4.69, 9.17) is 4.74 Å². The van der Waals surface area contributed by atoms with E-state index in [1.807, 2.05) is 0 Å². The molecule has 0 aliphatic heterocycles. The van der Waals surface area contributed by atoms with Crippen LogP contribution in [0.3, 0.4) is 0 Å². The van der Waals surface area contributed by atoms with Gasteiger partial charge in [0.05, 0.1) is 0 Å². The molecule has 0 aliphatic rings. The van der Waals surface area contributed by atoms with Crippen molar-refractivity contribution in [3.8, 4) is 5.75 Å². The second-order valence-corrected chi connectivity index (χ2v) is 4.79. The van der Waals surface area contributed by atoms with Gasteiger partial charge in [-0.05, 0) is 43.7 Å². The maximum absolute atomic E-state index is 13.4. The van der Waals surface area contributed by atoms with E-state index in [1.165, 1.54) is 25.1 Å². The van der Waals surface area contributed by atoms with Crippen molar-refractivity contribution in [3.05, 3.63) is 59.4 Å². The van der Waals surface area contributed by atoms with Gasteiger partial charge in [0.15, 0.2) is 17.7 Å². The number of rotatable bonds is 4. The molecule has 1 N–H and O–H groups in total. The van der Waals surface area contributed by atoms with Crippen LogP contribution in [0, 0.1) is 24.4 Å². The van der Waals surface area contributed by atoms with E-state index in [1.54, 1.807) is 13.0 Å². The van der Waals surface area contributed by atoms with Gasteiger partial charge in [0.2, 0.25) is 0 Å². The van der Waals surface area contributed by atoms with Gasteiger partial charge in [-0.15, -0.1) is 0 Å². The third kappa shape index (κ3) is 3.78. The Kier molecular flexibility index (Phi) is 4.70. The summed E-state index contributed by atoms with van der Waals surface area (Å²) >= 11 is 0. The lowest BCUT2D eigenvalue weighted by molar-refractivity contribution is -0.122. The molecule has 0 fully saturated rings. The van der Waals surface area contributed by atoms with E-state index >= 15 is 0 Å². The first-order valence-electron chi connectivity index (χ1n) is 6.55. The fraction of sp³-hybridized carbons (Fsp3) is 0.188. The van der Waals surface area contributed by atoms with Crippen molar-refractivity contribution in [2.45, 2.75) is 20.0 Å². The lowest BCUT2D eigenvalue weighted by Crippen LogP contribution is -2.30. The van der Waals surface area contributed by atoms with Gasteiger partial charge in [0.25, 0.3) is 5.91 Å². The van der Waals surface area contributed by atoms with E-state index in [2.05, 4.69) is 5.32 Å². The Bertz CT molecular complexity index is 704. The molecular weight excluding hydrogens is 295 g/mol. The molecule has 2 aromatic carbocycles. The van der Waals surface area contributed by atoms with Gasteiger partial charge >= 0.3 is 0 Å². The summed E-state index contributed by atoms with van der Waals surface area (Å²) in [6.45, 7) is 3.05. The van der Waals surface area contributed by atoms with Gasteiger partial charge in [0, 0.05) is 11.8 Å². The third-order valence-corrected chi connectivity index (χ3v) is 3.01. The van der Waals surface area contributed by atoms with Crippen LogP contribution in [0.15, 0.2) is 36.4 Å². The minimum Gasteiger partial charge on any atom is -0.481 e. The number of carbonyl (C=O) groups excluding carboxylic acids is 1. The predicted molar refractivity (Wildman–Crippen MR) is 76.2 cm³/mol. The Morgan fingerprint density at radius 1 is 1.05 bits per heavy atom. The minimum absolute atomic E-state index is 0.0247. The molecule has 6 heteroatoms. The number of benzene rings is 2. The first kappa shape index (κ1) is 15.9. The van der Waals surface area contributed by atoms with Crippen molar-refractivity contribution in [2.24, 2.45) is 0 Å². The number of anilines is 1. The average Bonchev–Trinajstić information content (AvgIpc) is 2.46. The van der Waals surface area contributed by atoms with E-state index < -0.39 is 29.5 Å². The highest BCUT2D eigenvalue weighted by Crippen LogP contribution is 2.18. The second-order valence-electron chi connectivity index (χ2n) is 4.79. The summed E-state index contributed by atoms with van der Waals surface area (Å²) in [7, 11) is 0. The molecule has 0 heterocycles. The molecule has 3 nitrogen and oxygen atoms in total. The van der Waals surface area contributed by atoms with Gasteiger partial charge in [-0.25, -0.2) is 13.2 Å². The Balaban J connectivity index is 2.02. The Morgan fingerprint density at radius 3 is 2.41 bits per heavy atom. The fourth-order valence-corrected chi connectivity index (χ4v) is 1.72. The molecule has 0 aromatic heterocycles. The molecule has 0 radical (unpaired) electrons. The number of hydrogen-bond donors (Lipinski definition) is 1. The monoisotopic (exact) mass is 309 g/mol. The van der Waals surface area contributed by atoms with E-state index in [0.717, 1.165) is 12.1 Å². The molecule has 2 aromatic rings. The molecule has 0 aliphatic carbocycles. The lowest BCUT2D eigenvalue weighted by Gasteiger charge is -2.15. The summed E-state index contributed by atoms with van der Waals surface area (Å²) in [6.07, 6.45) is -0.964. The van der Waals surface area contributed by atoms with E-state index in [0.29, 0.717) is 5.56 Å². The first-order valence-corrected chi connectivity index (χ1v) is 6.55. The maximum Gasteiger partial charge on any atom is 0.265 e. The number of aryl methyl sites for hydroxylation is 1. The normalized spacial score (nSPS) is 11.9. The van der Waals surface area contributed by atoms with Crippen LogP contribution in [0.25, 0.3) is 0 Å². The van der Waals surface area contributed by atoms with Crippen LogP contribution in [-0.4, -0.2) is 12.0 Å². The number of hydrogen-bond acceptors (Lipinski definition) is 2.